The van der Waals surface area contributed by atoms with E-state index in [2.05, 4.69) is 5.32 Å². The molecule has 6 heteroatoms. The van der Waals surface area contributed by atoms with Crippen molar-refractivity contribution in [1.29, 1.82) is 5.26 Å². The quantitative estimate of drug-likeness (QED) is 0.682. The molecule has 0 unspecified atom stereocenters. The Morgan fingerprint density at radius 2 is 1.97 bits per heavy atom. The molecule has 3 rings (SSSR count). The summed E-state index contributed by atoms with van der Waals surface area (Å²) in [6.45, 7) is 5.42. The lowest BCUT2D eigenvalue weighted by molar-refractivity contribution is 0.114. The third kappa shape index (κ3) is 4.75. The number of aromatic nitrogens is 1. The Labute approximate surface area is 169 Å². The van der Waals surface area contributed by atoms with Gasteiger partial charge in [0.15, 0.2) is 6.10 Å². The van der Waals surface area contributed by atoms with E-state index in [1.807, 2.05) is 54.1 Å². The molecule has 1 aromatic heterocycles. The van der Waals surface area contributed by atoms with Crippen LogP contribution in [0.25, 0.3) is 22.2 Å². The average Bonchev–Trinajstić information content (AvgIpc) is 2.98. The zero-order chi connectivity index (χ0) is 21.2. The predicted octanol–water partition coefficient (Wildman–Crippen LogP) is 4.94. The van der Waals surface area contributed by atoms with Gasteiger partial charge >= 0.3 is 6.09 Å². The van der Waals surface area contributed by atoms with Crippen LogP contribution in [0.2, 0.25) is 0 Å². The molecule has 1 N–H and O–H groups in total. The molecule has 0 bridgehead atoms. The first-order valence-corrected chi connectivity index (χ1v) is 9.39. The average molecular weight is 393 g/mol. The number of amides is 1. The molecule has 0 aliphatic heterocycles. The minimum atomic E-state index is -1.07. The van der Waals surface area contributed by atoms with Crippen molar-refractivity contribution < 1.29 is 13.9 Å². The molecule has 150 valence electrons. The topological polar surface area (TPSA) is 67.0 Å². The number of nitrogens with one attached hydrogen (secondary N) is 1. The van der Waals surface area contributed by atoms with Crippen LogP contribution < -0.4 is 5.32 Å². The summed E-state index contributed by atoms with van der Waals surface area (Å²) in [5.74, 6) is -0.437. The number of alkyl carbamates (subject to hydrolysis) is 1. The number of ether oxygens (including phenoxy) is 1. The fourth-order valence-electron chi connectivity index (χ4n) is 3.22. The van der Waals surface area contributed by atoms with Crippen molar-refractivity contribution in [3.8, 4) is 17.3 Å². The molecule has 1 atom stereocenters. The van der Waals surface area contributed by atoms with Crippen LogP contribution in [0, 0.1) is 17.1 Å². The van der Waals surface area contributed by atoms with Gasteiger partial charge in [-0.2, -0.15) is 5.26 Å². The Bertz CT molecular complexity index is 1090. The van der Waals surface area contributed by atoms with E-state index in [9.17, 15) is 14.4 Å². The van der Waals surface area contributed by atoms with Crippen LogP contribution in [0.4, 0.5) is 9.18 Å². The van der Waals surface area contributed by atoms with Crippen LogP contribution in [-0.2, 0) is 18.2 Å². The zero-order valence-corrected chi connectivity index (χ0v) is 17.0. The molecule has 0 saturated carbocycles. The second-order valence-corrected chi connectivity index (χ2v) is 8.06. The molecule has 0 saturated heterocycles. The number of benzene rings is 2. The lowest BCUT2D eigenvalue weighted by Gasteiger charge is -2.21. The minimum Gasteiger partial charge on any atom is -0.430 e. The fourth-order valence-corrected chi connectivity index (χ4v) is 3.22. The smallest absolute Gasteiger partial charge is 0.408 e. The molecule has 0 aliphatic carbocycles. The van der Waals surface area contributed by atoms with Crippen LogP contribution >= 0.6 is 0 Å². The number of carbonyl (C=O) groups excluding carboxylic acids is 1. The Hall–Kier alpha value is -3.33. The lowest BCUT2D eigenvalue weighted by atomic mass is 10.0. The van der Waals surface area contributed by atoms with Gasteiger partial charge in [0.25, 0.3) is 0 Å². The molecule has 0 spiro atoms. The first kappa shape index (κ1) is 20.4. The second-order valence-electron chi connectivity index (χ2n) is 8.06. The van der Waals surface area contributed by atoms with Crippen molar-refractivity contribution in [2.75, 3.05) is 0 Å². The third-order valence-electron chi connectivity index (χ3n) is 4.58. The normalized spacial score (nSPS) is 12.4. The minimum absolute atomic E-state index is 0.0186. The number of hydrogen-bond acceptors (Lipinski definition) is 3. The van der Waals surface area contributed by atoms with Crippen molar-refractivity contribution in [1.82, 2.24) is 9.88 Å². The lowest BCUT2D eigenvalue weighted by Crippen LogP contribution is -2.42. The summed E-state index contributed by atoms with van der Waals surface area (Å²) in [7, 11) is 1.94. The highest BCUT2D eigenvalue weighted by Crippen LogP contribution is 2.28. The summed E-state index contributed by atoms with van der Waals surface area (Å²) in [4.78, 5) is 11.9. The maximum atomic E-state index is 14.8. The van der Waals surface area contributed by atoms with Crippen LogP contribution in [0.15, 0.2) is 48.5 Å². The van der Waals surface area contributed by atoms with Crippen LogP contribution in [0.3, 0.4) is 0 Å². The van der Waals surface area contributed by atoms with Crippen molar-refractivity contribution in [3.05, 3.63) is 59.9 Å². The van der Waals surface area contributed by atoms with Gasteiger partial charge in [0, 0.05) is 41.2 Å². The number of carbonyl (C=O) groups is 1. The Morgan fingerprint density at radius 3 is 2.59 bits per heavy atom. The molecule has 1 heterocycles. The number of fused-ring (bicyclic) bond motifs is 1. The number of nitriles is 1. The fraction of sp³-hybridized carbons (Fsp3) is 0.304. The van der Waals surface area contributed by atoms with E-state index in [-0.39, 0.29) is 6.42 Å². The standard InChI is InChI=1S/C23H24FN3O2/c1-23(2,3)26-22(28)29-18(14-25)11-15-9-10-17(12-19(15)24)21-13-16-7-5-6-8-20(16)27(21)4/h5-10,12-13,18H,11H2,1-4H3,(H,26,28)/t18-/m0/s1. The molecule has 0 radical (unpaired) electrons. The number of halogens is 1. The van der Waals surface area contributed by atoms with E-state index >= 15 is 0 Å². The number of rotatable bonds is 4. The van der Waals surface area contributed by atoms with E-state index < -0.39 is 23.6 Å². The maximum Gasteiger partial charge on any atom is 0.408 e. The monoisotopic (exact) mass is 393 g/mol. The number of nitrogens with zero attached hydrogens (tertiary/aromatic N) is 2. The molecular formula is C23H24FN3O2. The van der Waals surface area contributed by atoms with E-state index in [4.69, 9.17) is 4.74 Å². The molecule has 3 aromatic rings. The highest BCUT2D eigenvalue weighted by molar-refractivity contribution is 5.86. The van der Waals surface area contributed by atoms with Gasteiger partial charge < -0.3 is 14.6 Å². The number of hydrogen-bond donors (Lipinski definition) is 1. The van der Waals surface area contributed by atoms with Crippen LogP contribution in [-0.4, -0.2) is 22.3 Å². The largest absolute Gasteiger partial charge is 0.430 e. The molecule has 2 aromatic carbocycles. The van der Waals surface area contributed by atoms with E-state index in [0.29, 0.717) is 5.56 Å². The van der Waals surface area contributed by atoms with Gasteiger partial charge in [-0.15, -0.1) is 0 Å². The number of aryl methyl sites for hydroxylation is 1. The summed E-state index contributed by atoms with van der Waals surface area (Å²) >= 11 is 0. The highest BCUT2D eigenvalue weighted by atomic mass is 19.1. The number of para-hydroxylation sites is 1. The Balaban J connectivity index is 1.79. The van der Waals surface area contributed by atoms with Gasteiger partial charge in [-0.25, -0.2) is 9.18 Å². The van der Waals surface area contributed by atoms with Crippen molar-refractivity contribution >= 4 is 17.0 Å². The third-order valence-corrected chi connectivity index (χ3v) is 4.58. The van der Waals surface area contributed by atoms with Gasteiger partial charge in [-0.1, -0.05) is 30.3 Å². The Kier molecular flexibility index (Phi) is 5.60. The molecule has 0 aliphatic rings. The molecule has 0 fully saturated rings. The van der Waals surface area contributed by atoms with Crippen molar-refractivity contribution in [2.45, 2.75) is 38.8 Å². The summed E-state index contributed by atoms with van der Waals surface area (Å²) < 4.78 is 21.9. The van der Waals surface area contributed by atoms with Crippen LogP contribution in [0.1, 0.15) is 26.3 Å². The van der Waals surface area contributed by atoms with Gasteiger partial charge in [-0.05, 0) is 44.5 Å². The summed E-state index contributed by atoms with van der Waals surface area (Å²) in [5.41, 5.74) is 2.54. The zero-order valence-electron chi connectivity index (χ0n) is 17.0. The predicted molar refractivity (Wildman–Crippen MR) is 111 cm³/mol. The summed E-state index contributed by atoms with van der Waals surface area (Å²) in [6, 6.07) is 16.8. The summed E-state index contributed by atoms with van der Waals surface area (Å²) in [6.07, 6.45) is -1.79. The van der Waals surface area contributed by atoms with Crippen LogP contribution in [0.5, 0.6) is 0 Å². The first-order chi connectivity index (χ1) is 13.7. The van der Waals surface area contributed by atoms with Gasteiger partial charge in [0.1, 0.15) is 11.9 Å². The highest BCUT2D eigenvalue weighted by Gasteiger charge is 2.21. The SMILES string of the molecule is Cn1c(-c2ccc(C[C@@H](C#N)OC(=O)NC(C)(C)C)c(F)c2)cc2ccccc21. The molecule has 1 amide bonds. The van der Waals surface area contributed by atoms with E-state index in [1.54, 1.807) is 26.8 Å². The summed E-state index contributed by atoms with van der Waals surface area (Å²) in [5, 5.41) is 13.0. The Morgan fingerprint density at radius 1 is 1.24 bits per heavy atom. The van der Waals surface area contributed by atoms with Crippen molar-refractivity contribution in [2.24, 2.45) is 7.05 Å². The van der Waals surface area contributed by atoms with Gasteiger partial charge in [-0.3, -0.25) is 0 Å². The maximum absolute atomic E-state index is 14.8. The first-order valence-electron chi connectivity index (χ1n) is 9.39. The van der Waals surface area contributed by atoms with E-state index in [1.165, 1.54) is 6.07 Å². The molecular weight excluding hydrogens is 369 g/mol. The molecule has 5 nitrogen and oxygen atoms in total. The van der Waals surface area contributed by atoms with Gasteiger partial charge in [0.05, 0.1) is 0 Å². The molecule has 29 heavy (non-hydrogen) atoms. The van der Waals surface area contributed by atoms with Gasteiger partial charge in [0.2, 0.25) is 0 Å². The van der Waals surface area contributed by atoms with E-state index in [0.717, 1.165) is 22.2 Å². The van der Waals surface area contributed by atoms with Crippen molar-refractivity contribution in [3.63, 3.8) is 0 Å². The second kappa shape index (κ2) is 7.96.